The summed E-state index contributed by atoms with van der Waals surface area (Å²) in [5.41, 5.74) is 0.0897. The summed E-state index contributed by atoms with van der Waals surface area (Å²) in [6, 6.07) is 2.92. The predicted molar refractivity (Wildman–Crippen MR) is 74.0 cm³/mol. The number of hydrogen-bond acceptors (Lipinski definition) is 3. The molecule has 2 aliphatic rings. The van der Waals surface area contributed by atoms with Crippen LogP contribution in [-0.2, 0) is 0 Å². The van der Waals surface area contributed by atoms with Gasteiger partial charge in [0.05, 0.1) is 6.10 Å². The van der Waals surface area contributed by atoms with Crippen LogP contribution in [0.3, 0.4) is 0 Å². The first kappa shape index (κ1) is 14.6. The summed E-state index contributed by atoms with van der Waals surface area (Å²) in [5.74, 6) is -0.839. The lowest BCUT2D eigenvalue weighted by Crippen LogP contribution is -2.27. The number of aliphatic hydroxyl groups is 1. The van der Waals surface area contributed by atoms with E-state index in [1.807, 2.05) is 0 Å². The highest BCUT2D eigenvalue weighted by atomic mass is 19.1. The van der Waals surface area contributed by atoms with Crippen molar-refractivity contribution >= 4 is 5.78 Å². The molecule has 0 aromatic heterocycles. The Hall–Kier alpha value is -1.33. The number of fused-ring (bicyclic) bond motifs is 1. The van der Waals surface area contributed by atoms with E-state index in [1.165, 1.54) is 0 Å². The van der Waals surface area contributed by atoms with Crippen LogP contribution in [0.4, 0.5) is 8.78 Å². The molecular weight excluding hydrogens is 276 g/mol. The summed E-state index contributed by atoms with van der Waals surface area (Å²) < 4.78 is 26.2. The van der Waals surface area contributed by atoms with Crippen LogP contribution in [0, 0.1) is 23.5 Å². The Balaban J connectivity index is 1.55. The van der Waals surface area contributed by atoms with Gasteiger partial charge in [-0.15, -0.1) is 0 Å². The number of benzene rings is 1. The molecule has 1 aliphatic carbocycles. The van der Waals surface area contributed by atoms with E-state index >= 15 is 0 Å². The molecule has 0 amide bonds. The lowest BCUT2D eigenvalue weighted by atomic mass is 10.00. The molecule has 1 saturated carbocycles. The molecule has 1 aromatic carbocycles. The van der Waals surface area contributed by atoms with Gasteiger partial charge in [-0.25, -0.2) is 8.78 Å². The van der Waals surface area contributed by atoms with E-state index in [0.717, 1.165) is 44.1 Å². The molecule has 1 N–H and O–H groups in total. The third-order valence-electron chi connectivity index (χ3n) is 4.73. The minimum atomic E-state index is -0.725. The third kappa shape index (κ3) is 3.14. The average molecular weight is 295 g/mol. The van der Waals surface area contributed by atoms with Crippen molar-refractivity contribution in [3.8, 4) is 0 Å². The lowest BCUT2D eigenvalue weighted by molar-refractivity contribution is 0.0960. The molecule has 1 aliphatic heterocycles. The molecule has 1 aromatic rings. The predicted octanol–water partition coefficient (Wildman–Crippen LogP) is 2.24. The highest BCUT2D eigenvalue weighted by molar-refractivity contribution is 5.96. The minimum absolute atomic E-state index is 0.0897. The number of ketones is 1. The fourth-order valence-corrected chi connectivity index (χ4v) is 3.63. The molecule has 0 radical (unpaired) electrons. The zero-order chi connectivity index (χ0) is 15.0. The fourth-order valence-electron chi connectivity index (χ4n) is 3.63. The Morgan fingerprint density at radius 1 is 1.19 bits per heavy atom. The Bertz CT molecular complexity index is 529. The number of nitrogens with zero attached hydrogens (tertiary/aromatic N) is 1. The molecule has 3 nitrogen and oxygen atoms in total. The van der Waals surface area contributed by atoms with Gasteiger partial charge in [0.25, 0.3) is 0 Å². The van der Waals surface area contributed by atoms with Crippen molar-refractivity contribution in [2.45, 2.75) is 25.4 Å². The summed E-state index contributed by atoms with van der Waals surface area (Å²) in [6.07, 6.45) is 1.96. The highest BCUT2D eigenvalue weighted by Crippen LogP contribution is 2.38. The zero-order valence-corrected chi connectivity index (χ0v) is 11.8. The van der Waals surface area contributed by atoms with E-state index in [0.29, 0.717) is 18.4 Å². The van der Waals surface area contributed by atoms with Gasteiger partial charge in [-0.3, -0.25) is 4.79 Å². The Morgan fingerprint density at radius 2 is 1.90 bits per heavy atom. The number of rotatable bonds is 4. The maximum Gasteiger partial charge on any atom is 0.164 e. The Kier molecular flexibility index (Phi) is 4.04. The topological polar surface area (TPSA) is 40.5 Å². The van der Waals surface area contributed by atoms with Crippen LogP contribution in [0.2, 0.25) is 0 Å². The highest BCUT2D eigenvalue weighted by Gasteiger charge is 2.41. The van der Waals surface area contributed by atoms with Crippen molar-refractivity contribution in [3.05, 3.63) is 35.4 Å². The minimum Gasteiger partial charge on any atom is -0.393 e. The SMILES string of the molecule is O=C(CCN1CC2CCC(O)C2C1)c1cc(F)cc(F)c1. The first-order valence-corrected chi connectivity index (χ1v) is 7.42. The molecule has 1 heterocycles. The van der Waals surface area contributed by atoms with Crippen LogP contribution in [0.25, 0.3) is 0 Å². The van der Waals surface area contributed by atoms with Gasteiger partial charge < -0.3 is 10.0 Å². The molecule has 114 valence electrons. The van der Waals surface area contributed by atoms with E-state index in [4.69, 9.17) is 0 Å². The molecular formula is C16H19F2NO2. The molecule has 3 unspecified atom stereocenters. The maximum atomic E-state index is 13.1. The van der Waals surface area contributed by atoms with Crippen molar-refractivity contribution in [3.63, 3.8) is 0 Å². The first-order chi connectivity index (χ1) is 10.0. The van der Waals surface area contributed by atoms with Gasteiger partial charge in [0.1, 0.15) is 11.6 Å². The molecule has 3 atom stereocenters. The van der Waals surface area contributed by atoms with E-state index in [-0.39, 0.29) is 23.9 Å². The summed E-state index contributed by atoms with van der Waals surface area (Å²) in [6.45, 7) is 2.31. The lowest BCUT2D eigenvalue weighted by Gasteiger charge is -2.17. The monoisotopic (exact) mass is 295 g/mol. The second-order valence-electron chi connectivity index (χ2n) is 6.16. The number of carbonyl (C=O) groups is 1. The standard InChI is InChI=1S/C16H19F2NO2/c17-12-5-11(6-13(18)7-12)15(20)3-4-19-8-10-1-2-16(21)14(10)9-19/h5-7,10,14,16,21H,1-4,8-9H2. The van der Waals surface area contributed by atoms with Crippen LogP contribution < -0.4 is 0 Å². The van der Waals surface area contributed by atoms with Crippen LogP contribution >= 0.6 is 0 Å². The molecule has 2 fully saturated rings. The Morgan fingerprint density at radius 3 is 2.57 bits per heavy atom. The quantitative estimate of drug-likeness (QED) is 0.866. The van der Waals surface area contributed by atoms with E-state index in [2.05, 4.69) is 4.90 Å². The largest absolute Gasteiger partial charge is 0.393 e. The van der Waals surface area contributed by atoms with Gasteiger partial charge in [-0.2, -0.15) is 0 Å². The summed E-state index contributed by atoms with van der Waals surface area (Å²) in [5, 5.41) is 9.86. The second-order valence-corrected chi connectivity index (χ2v) is 6.16. The van der Waals surface area contributed by atoms with Crippen LogP contribution in [0.5, 0.6) is 0 Å². The fraction of sp³-hybridized carbons (Fsp3) is 0.562. The number of hydrogen-bond donors (Lipinski definition) is 1. The first-order valence-electron chi connectivity index (χ1n) is 7.42. The number of halogens is 2. The summed E-state index contributed by atoms with van der Waals surface area (Å²) in [7, 11) is 0. The van der Waals surface area contributed by atoms with Crippen LogP contribution in [0.15, 0.2) is 18.2 Å². The average Bonchev–Trinajstić information content (AvgIpc) is 2.97. The Labute approximate surface area is 122 Å². The molecule has 3 rings (SSSR count). The van der Waals surface area contributed by atoms with E-state index < -0.39 is 11.6 Å². The van der Waals surface area contributed by atoms with E-state index in [9.17, 15) is 18.7 Å². The summed E-state index contributed by atoms with van der Waals surface area (Å²) in [4.78, 5) is 14.2. The van der Waals surface area contributed by atoms with Gasteiger partial charge in [0.2, 0.25) is 0 Å². The zero-order valence-electron chi connectivity index (χ0n) is 11.8. The number of likely N-dealkylation sites (tertiary alicyclic amines) is 1. The molecule has 1 saturated heterocycles. The molecule has 5 heteroatoms. The van der Waals surface area contributed by atoms with Crippen LogP contribution in [0.1, 0.15) is 29.6 Å². The van der Waals surface area contributed by atoms with Gasteiger partial charge >= 0.3 is 0 Å². The summed E-state index contributed by atoms with van der Waals surface area (Å²) >= 11 is 0. The molecule has 0 bridgehead atoms. The van der Waals surface area contributed by atoms with Crippen molar-refractivity contribution < 1.29 is 18.7 Å². The van der Waals surface area contributed by atoms with Crippen molar-refractivity contribution in [2.24, 2.45) is 11.8 Å². The second kappa shape index (κ2) is 5.81. The van der Waals surface area contributed by atoms with Crippen molar-refractivity contribution in [1.29, 1.82) is 0 Å². The van der Waals surface area contributed by atoms with Crippen molar-refractivity contribution in [2.75, 3.05) is 19.6 Å². The molecule has 0 spiro atoms. The normalized spacial score (nSPS) is 28.8. The number of aliphatic hydroxyl groups excluding tert-OH is 1. The van der Waals surface area contributed by atoms with Crippen molar-refractivity contribution in [1.82, 2.24) is 4.90 Å². The smallest absolute Gasteiger partial charge is 0.164 e. The molecule has 21 heavy (non-hydrogen) atoms. The van der Waals surface area contributed by atoms with Gasteiger partial charge in [-0.1, -0.05) is 0 Å². The third-order valence-corrected chi connectivity index (χ3v) is 4.73. The maximum absolute atomic E-state index is 13.1. The number of Topliss-reactive ketones (excluding diaryl/α,β-unsaturated/α-hetero) is 1. The van der Waals surface area contributed by atoms with Crippen LogP contribution in [-0.4, -0.2) is 41.5 Å². The van der Waals surface area contributed by atoms with Gasteiger partial charge in [0, 0.05) is 43.6 Å². The van der Waals surface area contributed by atoms with E-state index in [1.54, 1.807) is 0 Å². The van der Waals surface area contributed by atoms with Gasteiger partial charge in [-0.05, 0) is 30.9 Å². The number of carbonyl (C=O) groups excluding carboxylic acids is 1. The van der Waals surface area contributed by atoms with Gasteiger partial charge in [0.15, 0.2) is 5.78 Å².